The standard InChI is InChI=1S/C14H26N2O/c1-4-6-14(7-8-14)12(17)16-9-5-11(15)13(2,3)10-16/h11H,4-10,15H2,1-3H3. The lowest BCUT2D eigenvalue weighted by atomic mass is 9.79. The molecule has 0 aromatic carbocycles. The molecule has 0 aromatic heterocycles. The van der Waals surface area contributed by atoms with Crippen LogP contribution in [0, 0.1) is 10.8 Å². The van der Waals surface area contributed by atoms with E-state index in [2.05, 4.69) is 25.7 Å². The lowest BCUT2D eigenvalue weighted by Gasteiger charge is -2.43. The van der Waals surface area contributed by atoms with Crippen molar-refractivity contribution < 1.29 is 4.79 Å². The van der Waals surface area contributed by atoms with E-state index in [0.717, 1.165) is 45.2 Å². The Morgan fingerprint density at radius 3 is 2.53 bits per heavy atom. The molecule has 1 saturated heterocycles. The van der Waals surface area contributed by atoms with Crippen molar-refractivity contribution in [2.24, 2.45) is 16.6 Å². The fraction of sp³-hybridized carbons (Fsp3) is 0.929. The zero-order chi connectivity index (χ0) is 12.7. The first-order chi connectivity index (χ1) is 7.91. The predicted octanol–water partition coefficient (Wildman–Crippen LogP) is 2.15. The van der Waals surface area contributed by atoms with Crippen LogP contribution in [0.15, 0.2) is 0 Å². The smallest absolute Gasteiger partial charge is 0.228 e. The van der Waals surface area contributed by atoms with Crippen molar-refractivity contribution in [3.63, 3.8) is 0 Å². The number of rotatable bonds is 3. The van der Waals surface area contributed by atoms with Gasteiger partial charge in [0.1, 0.15) is 0 Å². The van der Waals surface area contributed by atoms with Crippen LogP contribution in [0.1, 0.15) is 52.9 Å². The van der Waals surface area contributed by atoms with Crippen LogP contribution in [0.4, 0.5) is 0 Å². The van der Waals surface area contributed by atoms with E-state index >= 15 is 0 Å². The van der Waals surface area contributed by atoms with Crippen molar-refractivity contribution in [1.29, 1.82) is 0 Å². The molecule has 1 aliphatic carbocycles. The van der Waals surface area contributed by atoms with Gasteiger partial charge in [0.15, 0.2) is 0 Å². The van der Waals surface area contributed by atoms with E-state index in [1.165, 1.54) is 0 Å². The summed E-state index contributed by atoms with van der Waals surface area (Å²) >= 11 is 0. The molecule has 98 valence electrons. The Kier molecular flexibility index (Phi) is 3.23. The van der Waals surface area contributed by atoms with Crippen LogP contribution in [0.3, 0.4) is 0 Å². The second-order valence-electron chi connectivity index (χ2n) is 6.64. The van der Waals surface area contributed by atoms with Crippen LogP contribution in [0.5, 0.6) is 0 Å². The summed E-state index contributed by atoms with van der Waals surface area (Å²) < 4.78 is 0. The summed E-state index contributed by atoms with van der Waals surface area (Å²) in [6.07, 6.45) is 5.32. The van der Waals surface area contributed by atoms with Gasteiger partial charge in [-0.15, -0.1) is 0 Å². The zero-order valence-corrected chi connectivity index (χ0v) is 11.5. The van der Waals surface area contributed by atoms with E-state index in [9.17, 15) is 4.79 Å². The number of nitrogens with zero attached hydrogens (tertiary/aromatic N) is 1. The van der Waals surface area contributed by atoms with E-state index in [1.54, 1.807) is 0 Å². The Bertz CT molecular complexity index is 307. The molecular weight excluding hydrogens is 212 g/mol. The number of carbonyl (C=O) groups is 1. The Balaban J connectivity index is 2.02. The fourth-order valence-electron chi connectivity index (χ4n) is 3.08. The first-order valence-electron chi connectivity index (χ1n) is 6.96. The molecule has 2 rings (SSSR count). The molecule has 1 unspecified atom stereocenters. The highest BCUT2D eigenvalue weighted by Crippen LogP contribution is 2.51. The molecular formula is C14H26N2O. The Labute approximate surface area is 105 Å². The first kappa shape index (κ1) is 12.9. The van der Waals surface area contributed by atoms with E-state index < -0.39 is 0 Å². The van der Waals surface area contributed by atoms with Gasteiger partial charge in [0.25, 0.3) is 0 Å². The number of hydrogen-bond acceptors (Lipinski definition) is 2. The van der Waals surface area contributed by atoms with Crippen molar-refractivity contribution in [3.05, 3.63) is 0 Å². The molecule has 1 amide bonds. The zero-order valence-electron chi connectivity index (χ0n) is 11.5. The number of piperidine rings is 1. The minimum atomic E-state index is 0.0201. The van der Waals surface area contributed by atoms with Crippen molar-refractivity contribution in [2.45, 2.75) is 58.9 Å². The minimum absolute atomic E-state index is 0.0201. The van der Waals surface area contributed by atoms with Gasteiger partial charge in [0.05, 0.1) is 0 Å². The highest BCUT2D eigenvalue weighted by atomic mass is 16.2. The number of carbonyl (C=O) groups excluding carboxylic acids is 1. The molecule has 2 aliphatic rings. The summed E-state index contributed by atoms with van der Waals surface area (Å²) in [5, 5.41) is 0. The normalized spacial score (nSPS) is 30.1. The minimum Gasteiger partial charge on any atom is -0.342 e. The van der Waals surface area contributed by atoms with Gasteiger partial charge < -0.3 is 10.6 Å². The topological polar surface area (TPSA) is 46.3 Å². The Hall–Kier alpha value is -0.570. The molecule has 1 saturated carbocycles. The molecule has 1 aliphatic heterocycles. The molecule has 0 spiro atoms. The molecule has 3 nitrogen and oxygen atoms in total. The summed E-state index contributed by atoms with van der Waals surface area (Å²) in [6, 6.07) is 0.230. The van der Waals surface area contributed by atoms with Gasteiger partial charge in [-0.2, -0.15) is 0 Å². The van der Waals surface area contributed by atoms with Gasteiger partial charge in [-0.3, -0.25) is 4.79 Å². The SMILES string of the molecule is CCCC1(C(=O)N2CCC(N)C(C)(C)C2)CC1. The monoisotopic (exact) mass is 238 g/mol. The van der Waals surface area contributed by atoms with Crippen molar-refractivity contribution >= 4 is 5.91 Å². The van der Waals surface area contributed by atoms with E-state index in [-0.39, 0.29) is 16.9 Å². The molecule has 1 heterocycles. The van der Waals surface area contributed by atoms with Crippen LogP contribution in [-0.2, 0) is 4.79 Å². The first-order valence-corrected chi connectivity index (χ1v) is 6.96. The molecule has 0 radical (unpaired) electrons. The summed E-state index contributed by atoms with van der Waals surface area (Å²) in [6.45, 7) is 8.21. The van der Waals surface area contributed by atoms with Crippen molar-refractivity contribution in [3.8, 4) is 0 Å². The highest BCUT2D eigenvalue weighted by Gasteiger charge is 2.51. The van der Waals surface area contributed by atoms with Crippen LogP contribution in [0.2, 0.25) is 0 Å². The van der Waals surface area contributed by atoms with Gasteiger partial charge in [-0.05, 0) is 31.1 Å². The lowest BCUT2D eigenvalue weighted by Crippen LogP contribution is -2.55. The van der Waals surface area contributed by atoms with E-state index in [1.807, 2.05) is 0 Å². The molecule has 1 atom stereocenters. The number of hydrogen-bond donors (Lipinski definition) is 1. The largest absolute Gasteiger partial charge is 0.342 e. The molecule has 0 aromatic rings. The quantitative estimate of drug-likeness (QED) is 0.819. The van der Waals surface area contributed by atoms with Crippen LogP contribution in [-0.4, -0.2) is 29.9 Å². The summed E-state index contributed by atoms with van der Waals surface area (Å²) in [5.41, 5.74) is 6.21. The van der Waals surface area contributed by atoms with E-state index in [4.69, 9.17) is 5.73 Å². The third-order valence-electron chi connectivity index (χ3n) is 4.64. The van der Waals surface area contributed by atoms with Crippen molar-refractivity contribution in [2.75, 3.05) is 13.1 Å². The summed E-state index contributed by atoms with van der Waals surface area (Å²) in [4.78, 5) is 14.6. The summed E-state index contributed by atoms with van der Waals surface area (Å²) in [5.74, 6) is 0.402. The number of nitrogens with two attached hydrogens (primary N) is 1. The third-order valence-corrected chi connectivity index (χ3v) is 4.64. The number of likely N-dealkylation sites (tertiary alicyclic amines) is 1. The van der Waals surface area contributed by atoms with Gasteiger partial charge in [0, 0.05) is 24.5 Å². The van der Waals surface area contributed by atoms with Gasteiger partial charge in [-0.25, -0.2) is 0 Å². The van der Waals surface area contributed by atoms with E-state index in [0.29, 0.717) is 5.91 Å². The van der Waals surface area contributed by atoms with Crippen LogP contribution in [0.25, 0.3) is 0 Å². The van der Waals surface area contributed by atoms with Crippen molar-refractivity contribution in [1.82, 2.24) is 4.90 Å². The maximum absolute atomic E-state index is 12.6. The maximum Gasteiger partial charge on any atom is 0.228 e. The second kappa shape index (κ2) is 4.27. The molecule has 3 heteroatoms. The van der Waals surface area contributed by atoms with Gasteiger partial charge >= 0.3 is 0 Å². The average molecular weight is 238 g/mol. The molecule has 17 heavy (non-hydrogen) atoms. The molecule has 2 N–H and O–H groups in total. The predicted molar refractivity (Wildman–Crippen MR) is 69.5 cm³/mol. The Morgan fingerprint density at radius 2 is 2.06 bits per heavy atom. The van der Waals surface area contributed by atoms with Crippen LogP contribution < -0.4 is 5.73 Å². The maximum atomic E-state index is 12.6. The van der Waals surface area contributed by atoms with Crippen LogP contribution >= 0.6 is 0 Å². The fourth-order valence-corrected chi connectivity index (χ4v) is 3.08. The Morgan fingerprint density at radius 1 is 1.41 bits per heavy atom. The third kappa shape index (κ3) is 2.35. The second-order valence-corrected chi connectivity index (χ2v) is 6.64. The number of amides is 1. The highest BCUT2D eigenvalue weighted by molar-refractivity contribution is 5.85. The van der Waals surface area contributed by atoms with Gasteiger partial charge in [0.2, 0.25) is 5.91 Å². The molecule has 0 bridgehead atoms. The summed E-state index contributed by atoms with van der Waals surface area (Å²) in [7, 11) is 0. The lowest BCUT2D eigenvalue weighted by molar-refractivity contribution is -0.140. The molecule has 2 fully saturated rings. The van der Waals surface area contributed by atoms with Gasteiger partial charge in [-0.1, -0.05) is 27.2 Å². The average Bonchev–Trinajstić information content (AvgIpc) is 3.03.